The topological polar surface area (TPSA) is 53.9 Å². The number of nitrogens with one attached hydrogen (secondary N) is 2. The number of rotatable bonds is 5. The summed E-state index contributed by atoms with van der Waals surface area (Å²) in [5.74, 6) is -0.553. The first-order valence-corrected chi connectivity index (χ1v) is 8.70. The molecule has 3 rings (SSSR count). The molecule has 0 bridgehead atoms. The average Bonchev–Trinajstić information content (AvgIpc) is 2.92. The number of fused-ring (bicyclic) bond motifs is 1. The van der Waals surface area contributed by atoms with Crippen LogP contribution < -0.4 is 15.1 Å². The summed E-state index contributed by atoms with van der Waals surface area (Å²) < 4.78 is 12.9. The van der Waals surface area contributed by atoms with Crippen molar-refractivity contribution in [1.82, 2.24) is 0 Å². The number of anilines is 2. The second-order valence-electron chi connectivity index (χ2n) is 6.81. The van der Waals surface area contributed by atoms with Crippen LogP contribution in [-0.4, -0.2) is 38.0 Å². The standard InChI is InChI=1S/C20H22FN3O2/c1-14-11-15-5-3-4-6-18(15)24(14)20(26)13-23(2)12-19(25)22-17-9-7-16(21)8-10-17/h3-10,14H,11-13H2,1-2H3,(H,22,25)/p+1/t14-/m0/s1. The number of nitrogens with zero attached hydrogens (tertiary/aromatic N) is 1. The highest BCUT2D eigenvalue weighted by molar-refractivity contribution is 5.97. The van der Waals surface area contributed by atoms with E-state index in [4.69, 9.17) is 0 Å². The van der Waals surface area contributed by atoms with Gasteiger partial charge in [0.1, 0.15) is 5.82 Å². The summed E-state index contributed by atoms with van der Waals surface area (Å²) in [6.45, 7) is 2.43. The van der Waals surface area contributed by atoms with Crippen LogP contribution in [0.2, 0.25) is 0 Å². The number of carbonyl (C=O) groups is 2. The average molecular weight is 356 g/mol. The van der Waals surface area contributed by atoms with Crippen LogP contribution in [-0.2, 0) is 16.0 Å². The van der Waals surface area contributed by atoms with E-state index in [0.29, 0.717) is 5.69 Å². The Hall–Kier alpha value is -2.73. The van der Waals surface area contributed by atoms with Crippen molar-refractivity contribution < 1.29 is 18.9 Å². The van der Waals surface area contributed by atoms with Gasteiger partial charge in [-0.1, -0.05) is 18.2 Å². The molecule has 2 N–H and O–H groups in total. The molecule has 136 valence electrons. The lowest BCUT2D eigenvalue weighted by molar-refractivity contribution is -0.862. The minimum Gasteiger partial charge on any atom is -0.322 e. The Morgan fingerprint density at radius 3 is 2.58 bits per heavy atom. The molecule has 26 heavy (non-hydrogen) atoms. The molecule has 2 aromatic rings. The third-order valence-corrected chi connectivity index (χ3v) is 4.52. The summed E-state index contributed by atoms with van der Waals surface area (Å²) in [4.78, 5) is 27.5. The third kappa shape index (κ3) is 4.08. The zero-order valence-corrected chi connectivity index (χ0v) is 15.0. The zero-order valence-electron chi connectivity index (χ0n) is 15.0. The maximum atomic E-state index is 12.9. The van der Waals surface area contributed by atoms with Gasteiger partial charge in [0.25, 0.3) is 11.8 Å². The van der Waals surface area contributed by atoms with Gasteiger partial charge in [-0.3, -0.25) is 9.59 Å². The molecule has 0 saturated heterocycles. The van der Waals surface area contributed by atoms with Crippen molar-refractivity contribution in [3.8, 4) is 0 Å². The summed E-state index contributed by atoms with van der Waals surface area (Å²) in [5, 5.41) is 2.72. The molecular weight excluding hydrogens is 333 g/mol. The molecule has 2 atom stereocenters. The van der Waals surface area contributed by atoms with E-state index in [0.717, 1.165) is 17.0 Å². The van der Waals surface area contributed by atoms with Crippen LogP contribution in [0.1, 0.15) is 12.5 Å². The van der Waals surface area contributed by atoms with Gasteiger partial charge < -0.3 is 15.1 Å². The van der Waals surface area contributed by atoms with Gasteiger partial charge in [-0.25, -0.2) is 4.39 Å². The smallest absolute Gasteiger partial charge is 0.282 e. The van der Waals surface area contributed by atoms with Crippen LogP contribution in [0, 0.1) is 5.82 Å². The third-order valence-electron chi connectivity index (χ3n) is 4.52. The van der Waals surface area contributed by atoms with Gasteiger partial charge in [-0.2, -0.15) is 0 Å². The first kappa shape index (κ1) is 18.1. The molecule has 0 aromatic heterocycles. The maximum Gasteiger partial charge on any atom is 0.282 e. The predicted molar refractivity (Wildman–Crippen MR) is 98.7 cm³/mol. The van der Waals surface area contributed by atoms with E-state index >= 15 is 0 Å². The monoisotopic (exact) mass is 356 g/mol. The first-order valence-electron chi connectivity index (χ1n) is 8.70. The molecular formula is C20H23FN3O2+. The largest absolute Gasteiger partial charge is 0.322 e. The van der Waals surface area contributed by atoms with Crippen LogP contribution >= 0.6 is 0 Å². The summed E-state index contributed by atoms with van der Waals surface area (Å²) in [5.41, 5.74) is 2.69. The summed E-state index contributed by atoms with van der Waals surface area (Å²) in [6.07, 6.45) is 0.853. The van der Waals surface area contributed by atoms with Crippen LogP contribution in [0.15, 0.2) is 48.5 Å². The maximum absolute atomic E-state index is 12.9. The quantitative estimate of drug-likeness (QED) is 0.847. The molecule has 0 radical (unpaired) electrons. The van der Waals surface area contributed by atoms with Gasteiger partial charge >= 0.3 is 0 Å². The van der Waals surface area contributed by atoms with Crippen molar-refractivity contribution in [3.63, 3.8) is 0 Å². The highest BCUT2D eigenvalue weighted by Crippen LogP contribution is 2.31. The molecule has 0 saturated carbocycles. The molecule has 1 aliphatic heterocycles. The van der Waals surface area contributed by atoms with Gasteiger partial charge in [-0.15, -0.1) is 0 Å². The van der Waals surface area contributed by atoms with Crippen LogP contribution in [0.25, 0.3) is 0 Å². The predicted octanol–water partition coefficient (Wildman–Crippen LogP) is 1.26. The molecule has 1 unspecified atom stereocenters. The minimum absolute atomic E-state index is 0.00883. The number of carbonyl (C=O) groups excluding carboxylic acids is 2. The number of halogens is 1. The summed E-state index contributed by atoms with van der Waals surface area (Å²) >= 11 is 0. The van der Waals surface area contributed by atoms with E-state index in [1.807, 2.05) is 43.1 Å². The van der Waals surface area contributed by atoms with Crippen molar-refractivity contribution in [2.24, 2.45) is 0 Å². The highest BCUT2D eigenvalue weighted by Gasteiger charge is 2.32. The molecule has 0 aliphatic carbocycles. The molecule has 1 heterocycles. The van der Waals surface area contributed by atoms with Crippen LogP contribution in [0.5, 0.6) is 0 Å². The van der Waals surface area contributed by atoms with E-state index in [9.17, 15) is 14.0 Å². The number of para-hydroxylation sites is 1. The Bertz CT molecular complexity index is 807. The van der Waals surface area contributed by atoms with Crippen LogP contribution in [0.4, 0.5) is 15.8 Å². The van der Waals surface area contributed by atoms with Gasteiger partial charge in [0, 0.05) is 17.4 Å². The Kier molecular flexibility index (Phi) is 5.32. The lowest BCUT2D eigenvalue weighted by atomic mass is 10.1. The van der Waals surface area contributed by atoms with Crippen molar-refractivity contribution in [1.29, 1.82) is 0 Å². The highest BCUT2D eigenvalue weighted by atomic mass is 19.1. The number of likely N-dealkylation sites (N-methyl/N-ethyl adjacent to an activating group) is 1. The SMILES string of the molecule is C[C@H]1Cc2ccccc2N1C(=O)C[NH+](C)CC(=O)Nc1ccc(F)cc1. The Balaban J connectivity index is 1.56. The number of hydrogen-bond donors (Lipinski definition) is 2. The fourth-order valence-corrected chi connectivity index (χ4v) is 3.36. The molecule has 0 spiro atoms. The van der Waals surface area contributed by atoms with Crippen LogP contribution in [0.3, 0.4) is 0 Å². The molecule has 1 aliphatic rings. The summed E-state index contributed by atoms with van der Waals surface area (Å²) in [7, 11) is 1.81. The fourth-order valence-electron chi connectivity index (χ4n) is 3.36. The number of benzene rings is 2. The normalized spacial score (nSPS) is 16.9. The van der Waals surface area contributed by atoms with E-state index in [1.165, 1.54) is 29.8 Å². The lowest BCUT2D eigenvalue weighted by Gasteiger charge is -2.24. The number of hydrogen-bond acceptors (Lipinski definition) is 2. The minimum atomic E-state index is -0.351. The van der Waals surface area contributed by atoms with E-state index < -0.39 is 0 Å². The van der Waals surface area contributed by atoms with E-state index in [1.54, 1.807) is 0 Å². The molecule has 2 amide bonds. The first-order chi connectivity index (χ1) is 12.4. The molecule has 0 fully saturated rings. The Morgan fingerprint density at radius 2 is 1.85 bits per heavy atom. The van der Waals surface area contributed by atoms with Gasteiger partial charge in [0.15, 0.2) is 13.1 Å². The van der Waals surface area contributed by atoms with Crippen molar-refractivity contribution in [2.45, 2.75) is 19.4 Å². The van der Waals surface area contributed by atoms with Crippen molar-refractivity contribution >= 4 is 23.2 Å². The fraction of sp³-hybridized carbons (Fsp3) is 0.300. The second kappa shape index (κ2) is 7.66. The lowest BCUT2D eigenvalue weighted by Crippen LogP contribution is -3.11. The Morgan fingerprint density at radius 1 is 1.15 bits per heavy atom. The van der Waals surface area contributed by atoms with Crippen molar-refractivity contribution in [3.05, 3.63) is 59.9 Å². The Labute approximate surface area is 152 Å². The molecule has 5 nitrogen and oxygen atoms in total. The number of quaternary nitrogens is 1. The second-order valence-corrected chi connectivity index (χ2v) is 6.81. The summed E-state index contributed by atoms with van der Waals surface area (Å²) in [6, 6.07) is 13.7. The zero-order chi connectivity index (χ0) is 18.7. The number of amides is 2. The van der Waals surface area contributed by atoms with E-state index in [-0.39, 0.29) is 36.8 Å². The van der Waals surface area contributed by atoms with E-state index in [2.05, 4.69) is 5.32 Å². The molecule has 6 heteroatoms. The molecule has 2 aromatic carbocycles. The van der Waals surface area contributed by atoms with Crippen molar-refractivity contribution in [2.75, 3.05) is 30.4 Å². The van der Waals surface area contributed by atoms with Gasteiger partial charge in [0.2, 0.25) is 0 Å². The van der Waals surface area contributed by atoms with Gasteiger partial charge in [0.05, 0.1) is 7.05 Å². The van der Waals surface area contributed by atoms with Gasteiger partial charge in [-0.05, 0) is 49.2 Å².